The second kappa shape index (κ2) is 7.03. The van der Waals surface area contributed by atoms with Crippen molar-refractivity contribution in [2.45, 2.75) is 13.5 Å². The summed E-state index contributed by atoms with van der Waals surface area (Å²) in [5.41, 5.74) is 1.57. The highest BCUT2D eigenvalue weighted by Gasteiger charge is 2.17. The van der Waals surface area contributed by atoms with Gasteiger partial charge in [-0.3, -0.25) is 4.79 Å². The Kier molecular flexibility index (Phi) is 4.81. The minimum atomic E-state index is -1.14. The molecule has 1 aromatic heterocycles. The molecule has 2 aromatic carbocycles. The Labute approximate surface area is 148 Å². The first-order valence-electron chi connectivity index (χ1n) is 7.48. The van der Waals surface area contributed by atoms with E-state index in [9.17, 15) is 13.6 Å². The van der Waals surface area contributed by atoms with Gasteiger partial charge in [0.1, 0.15) is 5.82 Å². The van der Waals surface area contributed by atoms with Crippen molar-refractivity contribution in [2.75, 3.05) is 5.32 Å². The normalized spacial score (nSPS) is 10.7. The van der Waals surface area contributed by atoms with Crippen molar-refractivity contribution in [3.8, 4) is 0 Å². The van der Waals surface area contributed by atoms with Crippen LogP contribution in [0.3, 0.4) is 0 Å². The molecule has 3 aromatic rings. The SMILES string of the molecule is Cc1cc(NC(=O)c2cc(F)c(F)cc2Cl)n(Cc2ccccc2)n1. The van der Waals surface area contributed by atoms with E-state index in [-0.39, 0.29) is 10.6 Å². The maximum Gasteiger partial charge on any atom is 0.258 e. The first kappa shape index (κ1) is 17.1. The molecular formula is C18H14ClF2N3O. The Morgan fingerprint density at radius 3 is 2.56 bits per heavy atom. The molecule has 0 saturated heterocycles. The number of benzene rings is 2. The fourth-order valence-corrected chi connectivity index (χ4v) is 2.64. The van der Waals surface area contributed by atoms with Gasteiger partial charge in [-0.05, 0) is 24.6 Å². The third-order valence-electron chi connectivity index (χ3n) is 3.57. The van der Waals surface area contributed by atoms with Crippen LogP contribution in [0, 0.1) is 18.6 Å². The highest BCUT2D eigenvalue weighted by Crippen LogP contribution is 2.22. The predicted octanol–water partition coefficient (Wildman–Crippen LogP) is 4.42. The average Bonchev–Trinajstić information content (AvgIpc) is 2.91. The number of hydrogen-bond acceptors (Lipinski definition) is 2. The number of hydrogen-bond donors (Lipinski definition) is 1. The lowest BCUT2D eigenvalue weighted by molar-refractivity contribution is 0.102. The number of aryl methyl sites for hydroxylation is 1. The van der Waals surface area contributed by atoms with Crippen LogP contribution in [0.15, 0.2) is 48.5 Å². The van der Waals surface area contributed by atoms with Crippen LogP contribution < -0.4 is 5.32 Å². The lowest BCUT2D eigenvalue weighted by atomic mass is 10.2. The number of carbonyl (C=O) groups excluding carboxylic acids is 1. The molecule has 0 atom stereocenters. The Morgan fingerprint density at radius 1 is 1.16 bits per heavy atom. The van der Waals surface area contributed by atoms with E-state index in [1.807, 2.05) is 30.3 Å². The van der Waals surface area contributed by atoms with Crippen molar-refractivity contribution in [1.29, 1.82) is 0 Å². The molecule has 0 bridgehead atoms. The Hall–Kier alpha value is -2.73. The summed E-state index contributed by atoms with van der Waals surface area (Å²) < 4.78 is 28.2. The Bertz CT molecular complexity index is 926. The van der Waals surface area contributed by atoms with Crippen molar-refractivity contribution in [1.82, 2.24) is 9.78 Å². The number of nitrogens with one attached hydrogen (secondary N) is 1. The zero-order valence-electron chi connectivity index (χ0n) is 13.3. The van der Waals surface area contributed by atoms with Crippen molar-refractivity contribution in [2.24, 2.45) is 0 Å². The first-order valence-corrected chi connectivity index (χ1v) is 7.86. The summed E-state index contributed by atoms with van der Waals surface area (Å²) in [5.74, 6) is -2.44. The minimum Gasteiger partial charge on any atom is -0.307 e. The van der Waals surface area contributed by atoms with E-state index in [2.05, 4.69) is 10.4 Å². The van der Waals surface area contributed by atoms with E-state index in [4.69, 9.17) is 11.6 Å². The van der Waals surface area contributed by atoms with Gasteiger partial charge in [-0.15, -0.1) is 0 Å². The van der Waals surface area contributed by atoms with Crippen molar-refractivity contribution in [3.05, 3.63) is 82.0 Å². The van der Waals surface area contributed by atoms with E-state index < -0.39 is 17.5 Å². The van der Waals surface area contributed by atoms with Crippen LogP contribution >= 0.6 is 11.6 Å². The van der Waals surface area contributed by atoms with Gasteiger partial charge in [0.15, 0.2) is 11.6 Å². The van der Waals surface area contributed by atoms with Crippen molar-refractivity contribution >= 4 is 23.3 Å². The van der Waals surface area contributed by atoms with Crippen molar-refractivity contribution < 1.29 is 13.6 Å². The van der Waals surface area contributed by atoms with Gasteiger partial charge in [-0.25, -0.2) is 13.5 Å². The topological polar surface area (TPSA) is 46.9 Å². The lowest BCUT2D eigenvalue weighted by Gasteiger charge is -2.10. The van der Waals surface area contributed by atoms with Gasteiger partial charge in [0.05, 0.1) is 22.8 Å². The van der Waals surface area contributed by atoms with Gasteiger partial charge in [0.2, 0.25) is 0 Å². The number of amides is 1. The fourth-order valence-electron chi connectivity index (χ4n) is 2.40. The van der Waals surface area contributed by atoms with E-state index in [0.717, 1.165) is 17.7 Å². The average molecular weight is 362 g/mol. The van der Waals surface area contributed by atoms with Gasteiger partial charge < -0.3 is 5.32 Å². The molecule has 128 valence electrons. The van der Waals surface area contributed by atoms with E-state index in [1.165, 1.54) is 0 Å². The molecule has 1 amide bonds. The van der Waals surface area contributed by atoms with Crippen LogP contribution in [0.25, 0.3) is 0 Å². The molecule has 0 radical (unpaired) electrons. The molecule has 3 rings (SSSR count). The van der Waals surface area contributed by atoms with Crippen LogP contribution in [0.4, 0.5) is 14.6 Å². The minimum absolute atomic E-state index is 0.148. The van der Waals surface area contributed by atoms with Gasteiger partial charge >= 0.3 is 0 Å². The molecule has 0 fully saturated rings. The van der Waals surface area contributed by atoms with E-state index >= 15 is 0 Å². The summed E-state index contributed by atoms with van der Waals surface area (Å²) in [5, 5.41) is 6.82. The van der Waals surface area contributed by atoms with Crippen LogP contribution in [0.5, 0.6) is 0 Å². The van der Waals surface area contributed by atoms with Crippen LogP contribution in [-0.2, 0) is 6.54 Å². The third kappa shape index (κ3) is 3.85. The Balaban J connectivity index is 1.86. The number of anilines is 1. The van der Waals surface area contributed by atoms with Crippen LogP contribution in [0.1, 0.15) is 21.6 Å². The molecule has 25 heavy (non-hydrogen) atoms. The summed E-state index contributed by atoms with van der Waals surface area (Å²) in [4.78, 5) is 12.4. The molecule has 1 N–H and O–H groups in total. The van der Waals surface area contributed by atoms with Crippen molar-refractivity contribution in [3.63, 3.8) is 0 Å². The second-order valence-corrected chi connectivity index (χ2v) is 5.92. The second-order valence-electron chi connectivity index (χ2n) is 5.51. The van der Waals surface area contributed by atoms with Crippen LogP contribution in [-0.4, -0.2) is 15.7 Å². The fraction of sp³-hybridized carbons (Fsp3) is 0.111. The number of rotatable bonds is 4. The summed E-state index contributed by atoms with van der Waals surface area (Å²) in [6.45, 7) is 2.25. The number of halogens is 3. The maximum atomic E-state index is 13.4. The van der Waals surface area contributed by atoms with Gasteiger partial charge in [-0.2, -0.15) is 5.10 Å². The smallest absolute Gasteiger partial charge is 0.258 e. The molecule has 1 heterocycles. The van der Waals surface area contributed by atoms with Gasteiger partial charge in [0, 0.05) is 6.07 Å². The summed E-state index contributed by atoms with van der Waals surface area (Å²) >= 11 is 5.85. The monoisotopic (exact) mass is 361 g/mol. The zero-order valence-corrected chi connectivity index (χ0v) is 14.0. The number of aromatic nitrogens is 2. The van der Waals surface area contributed by atoms with Gasteiger partial charge in [-0.1, -0.05) is 41.9 Å². The lowest BCUT2D eigenvalue weighted by Crippen LogP contribution is -2.17. The van der Waals surface area contributed by atoms with Gasteiger partial charge in [0.25, 0.3) is 5.91 Å². The molecule has 0 aliphatic rings. The standard InChI is InChI=1S/C18H14ClF2N3O/c1-11-7-17(24(23-11)10-12-5-3-2-4-6-12)22-18(25)13-8-15(20)16(21)9-14(13)19/h2-9H,10H2,1H3,(H,22,25). The third-order valence-corrected chi connectivity index (χ3v) is 3.89. The molecule has 4 nitrogen and oxygen atoms in total. The molecular weight excluding hydrogens is 348 g/mol. The molecule has 0 saturated carbocycles. The number of nitrogens with zero attached hydrogens (tertiary/aromatic N) is 2. The largest absolute Gasteiger partial charge is 0.307 e. The summed E-state index contributed by atoms with van der Waals surface area (Å²) in [6.07, 6.45) is 0. The first-order chi connectivity index (χ1) is 11.9. The zero-order chi connectivity index (χ0) is 18.0. The summed E-state index contributed by atoms with van der Waals surface area (Å²) in [6, 6.07) is 12.8. The van der Waals surface area contributed by atoms with E-state index in [0.29, 0.717) is 18.1 Å². The van der Waals surface area contributed by atoms with E-state index in [1.54, 1.807) is 17.7 Å². The highest BCUT2D eigenvalue weighted by atomic mass is 35.5. The molecule has 0 spiro atoms. The predicted molar refractivity (Wildman–Crippen MR) is 91.8 cm³/mol. The Morgan fingerprint density at radius 2 is 1.84 bits per heavy atom. The number of carbonyl (C=O) groups is 1. The maximum absolute atomic E-state index is 13.4. The molecule has 0 aliphatic carbocycles. The molecule has 0 aliphatic heterocycles. The molecule has 7 heteroatoms. The quantitative estimate of drug-likeness (QED) is 0.699. The summed E-state index contributed by atoms with van der Waals surface area (Å²) in [7, 11) is 0. The van der Waals surface area contributed by atoms with Crippen LogP contribution in [0.2, 0.25) is 5.02 Å². The highest BCUT2D eigenvalue weighted by molar-refractivity contribution is 6.34. The molecule has 0 unspecified atom stereocenters.